The SMILES string of the molecule is C/C=C\C1CSCSC1. The van der Waals surface area contributed by atoms with Crippen molar-refractivity contribution in [1.29, 1.82) is 0 Å². The van der Waals surface area contributed by atoms with Crippen molar-refractivity contribution in [2.75, 3.05) is 16.6 Å². The van der Waals surface area contributed by atoms with E-state index in [1.807, 2.05) is 0 Å². The van der Waals surface area contributed by atoms with Gasteiger partial charge in [-0.3, -0.25) is 0 Å². The second kappa shape index (κ2) is 4.29. The lowest BCUT2D eigenvalue weighted by Gasteiger charge is -2.16. The predicted molar refractivity (Wildman–Crippen MR) is 48.1 cm³/mol. The average Bonchev–Trinajstić information content (AvgIpc) is 1.91. The second-order valence-electron chi connectivity index (χ2n) is 2.15. The van der Waals surface area contributed by atoms with E-state index in [1.165, 1.54) is 16.6 Å². The van der Waals surface area contributed by atoms with Crippen LogP contribution in [-0.2, 0) is 0 Å². The molecule has 0 amide bonds. The quantitative estimate of drug-likeness (QED) is 0.541. The monoisotopic (exact) mass is 160 g/mol. The number of rotatable bonds is 1. The van der Waals surface area contributed by atoms with E-state index in [-0.39, 0.29) is 0 Å². The molecule has 1 aliphatic heterocycles. The molecule has 0 spiro atoms. The smallest absolute Gasteiger partial charge is 0.0392 e. The van der Waals surface area contributed by atoms with Crippen LogP contribution in [0.15, 0.2) is 12.2 Å². The lowest BCUT2D eigenvalue weighted by molar-refractivity contribution is 0.857. The third-order valence-corrected chi connectivity index (χ3v) is 3.96. The molecule has 0 radical (unpaired) electrons. The van der Waals surface area contributed by atoms with Gasteiger partial charge in [-0.1, -0.05) is 12.2 Å². The molecule has 0 saturated carbocycles. The second-order valence-corrected chi connectivity index (χ2v) is 4.57. The standard InChI is InChI=1S/C7H12S2/c1-2-3-7-4-8-6-9-5-7/h2-3,7H,4-6H2,1H3/b3-2-. The molecule has 9 heavy (non-hydrogen) atoms. The normalized spacial score (nSPS) is 23.2. The van der Waals surface area contributed by atoms with Crippen LogP contribution in [0.3, 0.4) is 0 Å². The Hall–Kier alpha value is 0.440. The van der Waals surface area contributed by atoms with E-state index in [0.29, 0.717) is 0 Å². The molecule has 1 fully saturated rings. The minimum Gasteiger partial charge on any atom is -0.150 e. The van der Waals surface area contributed by atoms with Crippen molar-refractivity contribution in [3.05, 3.63) is 12.2 Å². The lowest BCUT2D eigenvalue weighted by atomic mass is 10.2. The van der Waals surface area contributed by atoms with Gasteiger partial charge in [0.2, 0.25) is 0 Å². The van der Waals surface area contributed by atoms with Gasteiger partial charge in [0, 0.05) is 16.6 Å². The maximum absolute atomic E-state index is 2.32. The zero-order valence-electron chi connectivity index (χ0n) is 5.67. The molecule has 52 valence electrons. The van der Waals surface area contributed by atoms with Gasteiger partial charge in [-0.15, -0.1) is 0 Å². The van der Waals surface area contributed by atoms with E-state index in [4.69, 9.17) is 0 Å². The van der Waals surface area contributed by atoms with Crippen molar-refractivity contribution in [1.82, 2.24) is 0 Å². The molecule has 0 unspecified atom stereocenters. The molecule has 0 aromatic rings. The Balaban J connectivity index is 2.23. The first kappa shape index (κ1) is 7.55. The van der Waals surface area contributed by atoms with Crippen molar-refractivity contribution < 1.29 is 0 Å². The van der Waals surface area contributed by atoms with E-state index < -0.39 is 0 Å². The third kappa shape index (κ3) is 2.67. The van der Waals surface area contributed by atoms with Gasteiger partial charge in [0.05, 0.1) is 0 Å². The molecule has 1 rings (SSSR count). The Morgan fingerprint density at radius 1 is 1.33 bits per heavy atom. The van der Waals surface area contributed by atoms with Crippen LogP contribution >= 0.6 is 23.5 Å². The molecule has 1 saturated heterocycles. The van der Waals surface area contributed by atoms with Crippen LogP contribution in [0.25, 0.3) is 0 Å². The molecule has 0 aromatic heterocycles. The summed E-state index contributed by atoms with van der Waals surface area (Å²) in [5, 5.41) is 1.30. The molecule has 0 N–H and O–H groups in total. The minimum absolute atomic E-state index is 0.846. The molecule has 1 aliphatic rings. The molecule has 1 heterocycles. The van der Waals surface area contributed by atoms with Gasteiger partial charge < -0.3 is 0 Å². The molecule has 0 bridgehead atoms. The fourth-order valence-electron chi connectivity index (χ4n) is 0.889. The molecular weight excluding hydrogens is 148 g/mol. The summed E-state index contributed by atoms with van der Waals surface area (Å²) in [6, 6.07) is 0. The minimum atomic E-state index is 0.846. The van der Waals surface area contributed by atoms with Crippen LogP contribution in [0.5, 0.6) is 0 Å². The molecule has 0 nitrogen and oxygen atoms in total. The summed E-state index contributed by atoms with van der Waals surface area (Å²) >= 11 is 4.11. The fraction of sp³-hybridized carbons (Fsp3) is 0.714. The maximum atomic E-state index is 2.32. The summed E-state index contributed by atoms with van der Waals surface area (Å²) in [5.41, 5.74) is 0. The van der Waals surface area contributed by atoms with Crippen molar-refractivity contribution >= 4 is 23.5 Å². The van der Waals surface area contributed by atoms with Crippen LogP contribution in [0.2, 0.25) is 0 Å². The van der Waals surface area contributed by atoms with E-state index in [2.05, 4.69) is 42.6 Å². The van der Waals surface area contributed by atoms with Gasteiger partial charge in [0.25, 0.3) is 0 Å². The van der Waals surface area contributed by atoms with Gasteiger partial charge in [-0.05, 0) is 12.8 Å². The van der Waals surface area contributed by atoms with Crippen LogP contribution in [-0.4, -0.2) is 16.6 Å². The van der Waals surface area contributed by atoms with Crippen LogP contribution < -0.4 is 0 Å². The summed E-state index contributed by atoms with van der Waals surface area (Å²) in [6.45, 7) is 2.10. The highest BCUT2D eigenvalue weighted by Gasteiger charge is 2.09. The maximum Gasteiger partial charge on any atom is 0.0392 e. The molecule has 2 heteroatoms. The fourth-order valence-corrected chi connectivity index (χ4v) is 3.34. The third-order valence-electron chi connectivity index (χ3n) is 1.30. The van der Waals surface area contributed by atoms with Gasteiger partial charge in [0.1, 0.15) is 0 Å². The topological polar surface area (TPSA) is 0 Å². The van der Waals surface area contributed by atoms with Gasteiger partial charge in [-0.2, -0.15) is 23.5 Å². The first-order valence-corrected chi connectivity index (χ1v) is 5.52. The van der Waals surface area contributed by atoms with Gasteiger partial charge in [-0.25, -0.2) is 0 Å². The Bertz CT molecular complexity index is 93.1. The van der Waals surface area contributed by atoms with E-state index in [1.54, 1.807) is 0 Å². The van der Waals surface area contributed by atoms with Crippen molar-refractivity contribution in [2.45, 2.75) is 6.92 Å². The highest BCUT2D eigenvalue weighted by Crippen LogP contribution is 2.25. The van der Waals surface area contributed by atoms with Crippen LogP contribution in [0.1, 0.15) is 6.92 Å². The first-order valence-electron chi connectivity index (χ1n) is 3.22. The highest BCUT2D eigenvalue weighted by atomic mass is 32.2. The lowest BCUT2D eigenvalue weighted by Crippen LogP contribution is -2.08. The first-order chi connectivity index (χ1) is 4.43. The van der Waals surface area contributed by atoms with Crippen molar-refractivity contribution in [3.8, 4) is 0 Å². The summed E-state index contributed by atoms with van der Waals surface area (Å²) in [6.07, 6.45) is 4.48. The average molecular weight is 160 g/mol. The zero-order chi connectivity index (χ0) is 6.53. The number of hydrogen-bond donors (Lipinski definition) is 0. The number of thioether (sulfide) groups is 2. The van der Waals surface area contributed by atoms with Crippen molar-refractivity contribution in [2.24, 2.45) is 5.92 Å². The van der Waals surface area contributed by atoms with E-state index in [0.717, 1.165) is 5.92 Å². The number of hydrogen-bond acceptors (Lipinski definition) is 2. The summed E-state index contributed by atoms with van der Waals surface area (Å²) < 4.78 is 0. The van der Waals surface area contributed by atoms with E-state index in [9.17, 15) is 0 Å². The predicted octanol–water partition coefficient (Wildman–Crippen LogP) is 2.62. The Morgan fingerprint density at radius 3 is 2.56 bits per heavy atom. The largest absolute Gasteiger partial charge is 0.150 e. The van der Waals surface area contributed by atoms with E-state index >= 15 is 0 Å². The summed E-state index contributed by atoms with van der Waals surface area (Å²) in [5.74, 6) is 3.51. The van der Waals surface area contributed by atoms with Gasteiger partial charge >= 0.3 is 0 Å². The Morgan fingerprint density at radius 2 is 2.00 bits per heavy atom. The molecular formula is C7H12S2. The number of allylic oxidation sites excluding steroid dienone is 2. The zero-order valence-corrected chi connectivity index (χ0v) is 7.30. The van der Waals surface area contributed by atoms with Crippen LogP contribution in [0.4, 0.5) is 0 Å². The Labute approximate surface area is 65.5 Å². The summed E-state index contributed by atoms with van der Waals surface area (Å²) in [7, 11) is 0. The highest BCUT2D eigenvalue weighted by molar-refractivity contribution is 8.16. The Kier molecular flexibility index (Phi) is 3.59. The van der Waals surface area contributed by atoms with Crippen molar-refractivity contribution in [3.63, 3.8) is 0 Å². The molecule has 0 aliphatic carbocycles. The molecule has 0 atom stereocenters. The van der Waals surface area contributed by atoms with Gasteiger partial charge in [0.15, 0.2) is 0 Å². The molecule has 0 aromatic carbocycles. The summed E-state index contributed by atoms with van der Waals surface area (Å²) in [4.78, 5) is 0. The van der Waals surface area contributed by atoms with Crippen LogP contribution in [0, 0.1) is 5.92 Å².